The minimum atomic E-state index is -0.585. The Morgan fingerprint density at radius 2 is 2.04 bits per heavy atom. The number of carbonyl (C=O) groups is 1. The molecule has 6 nitrogen and oxygen atoms in total. The van der Waals surface area contributed by atoms with Crippen LogP contribution >= 0.6 is 0 Å². The third-order valence-electron chi connectivity index (χ3n) is 2.85. The predicted molar refractivity (Wildman–Crippen MR) is 84.0 cm³/mol. The van der Waals surface area contributed by atoms with Gasteiger partial charge < -0.3 is 5.32 Å². The predicted octanol–water partition coefficient (Wildman–Crippen LogP) is 1.87. The summed E-state index contributed by atoms with van der Waals surface area (Å²) in [6, 6.07) is 12.6. The van der Waals surface area contributed by atoms with Crippen molar-refractivity contribution in [2.45, 2.75) is 6.42 Å². The molecule has 7 heteroatoms. The van der Waals surface area contributed by atoms with Gasteiger partial charge in [0.25, 0.3) is 5.91 Å². The molecule has 0 atom stereocenters. The number of pyridine rings is 1. The minimum Gasteiger partial charge on any atom is -0.350 e. The van der Waals surface area contributed by atoms with Gasteiger partial charge in [-0.3, -0.25) is 15.2 Å². The molecule has 0 spiro atoms. The summed E-state index contributed by atoms with van der Waals surface area (Å²) >= 11 is 0. The number of nitrogens with zero attached hydrogens (tertiary/aromatic N) is 3. The summed E-state index contributed by atoms with van der Waals surface area (Å²) in [5.74, 6) is -0.967. The van der Waals surface area contributed by atoms with E-state index in [0.29, 0.717) is 18.7 Å². The van der Waals surface area contributed by atoms with Gasteiger partial charge in [0, 0.05) is 24.9 Å². The molecular weight excluding hydrogens is 297 g/mol. The van der Waals surface area contributed by atoms with Crippen LogP contribution in [0.1, 0.15) is 5.69 Å². The van der Waals surface area contributed by atoms with Crippen LogP contribution in [0.5, 0.6) is 0 Å². The highest BCUT2D eigenvalue weighted by Gasteiger charge is 2.10. The summed E-state index contributed by atoms with van der Waals surface area (Å²) in [7, 11) is 0. The lowest BCUT2D eigenvalue weighted by Crippen LogP contribution is -2.32. The molecule has 0 unspecified atom stereocenters. The van der Waals surface area contributed by atoms with Crippen LogP contribution in [0.25, 0.3) is 0 Å². The highest BCUT2D eigenvalue weighted by atomic mass is 19.1. The Balaban J connectivity index is 1.86. The zero-order valence-electron chi connectivity index (χ0n) is 12.2. The van der Waals surface area contributed by atoms with Gasteiger partial charge in [0.2, 0.25) is 5.71 Å². The van der Waals surface area contributed by atoms with Gasteiger partial charge in [-0.05, 0) is 36.4 Å². The molecule has 0 aliphatic carbocycles. The first-order chi connectivity index (χ1) is 11.2. The molecule has 2 rings (SSSR count). The van der Waals surface area contributed by atoms with Crippen LogP contribution in [0.15, 0.2) is 53.8 Å². The fraction of sp³-hybridized carbons (Fsp3) is 0.125. The first-order valence-corrected chi connectivity index (χ1v) is 6.86. The highest BCUT2D eigenvalue weighted by Crippen LogP contribution is 2.07. The van der Waals surface area contributed by atoms with Crippen molar-refractivity contribution in [3.8, 4) is 6.07 Å². The zero-order chi connectivity index (χ0) is 16.5. The molecule has 0 bridgehead atoms. The Hall–Kier alpha value is -3.27. The fourth-order valence-electron chi connectivity index (χ4n) is 1.71. The molecule has 1 aromatic heterocycles. The monoisotopic (exact) mass is 311 g/mol. The van der Waals surface area contributed by atoms with E-state index in [4.69, 9.17) is 5.26 Å². The molecule has 0 saturated carbocycles. The van der Waals surface area contributed by atoms with Crippen molar-refractivity contribution in [2.75, 3.05) is 12.0 Å². The van der Waals surface area contributed by atoms with E-state index < -0.39 is 5.91 Å². The smallest absolute Gasteiger partial charge is 0.282 e. The van der Waals surface area contributed by atoms with Gasteiger partial charge in [-0.1, -0.05) is 6.07 Å². The number of hydrazone groups is 1. The average molecular weight is 311 g/mol. The summed E-state index contributed by atoms with van der Waals surface area (Å²) < 4.78 is 12.8. The SMILES string of the molecule is N#C/C(=N\Nc1ccc(F)cc1)C(=O)NCCc1ccccn1. The summed E-state index contributed by atoms with van der Waals surface area (Å²) in [5.41, 5.74) is 3.54. The van der Waals surface area contributed by atoms with Crippen molar-refractivity contribution < 1.29 is 9.18 Å². The molecule has 0 fully saturated rings. The maximum absolute atomic E-state index is 12.8. The van der Waals surface area contributed by atoms with Crippen molar-refractivity contribution in [3.63, 3.8) is 0 Å². The third-order valence-corrected chi connectivity index (χ3v) is 2.85. The van der Waals surface area contributed by atoms with Gasteiger partial charge in [-0.15, -0.1) is 0 Å². The number of halogens is 1. The van der Waals surface area contributed by atoms with Gasteiger partial charge in [-0.25, -0.2) is 4.39 Å². The van der Waals surface area contributed by atoms with Gasteiger partial charge in [0.05, 0.1) is 5.69 Å². The molecule has 1 heterocycles. The van der Waals surface area contributed by atoms with Gasteiger partial charge in [0.15, 0.2) is 0 Å². The number of carbonyl (C=O) groups excluding carboxylic acids is 1. The summed E-state index contributed by atoms with van der Waals surface area (Å²) in [6.07, 6.45) is 2.22. The van der Waals surface area contributed by atoms with Crippen molar-refractivity contribution in [3.05, 3.63) is 60.2 Å². The normalized spacial score (nSPS) is 10.7. The second-order valence-corrected chi connectivity index (χ2v) is 4.52. The number of amides is 1. The fourth-order valence-corrected chi connectivity index (χ4v) is 1.71. The lowest BCUT2D eigenvalue weighted by atomic mass is 10.2. The second-order valence-electron chi connectivity index (χ2n) is 4.52. The molecule has 116 valence electrons. The number of nitrogens with one attached hydrogen (secondary N) is 2. The van der Waals surface area contributed by atoms with E-state index in [1.165, 1.54) is 24.3 Å². The van der Waals surface area contributed by atoms with Gasteiger partial charge in [-0.2, -0.15) is 10.4 Å². The maximum atomic E-state index is 12.8. The topological polar surface area (TPSA) is 90.2 Å². The Bertz CT molecular complexity index is 722. The number of nitriles is 1. The summed E-state index contributed by atoms with van der Waals surface area (Å²) in [5, 5.41) is 15.3. The standard InChI is InChI=1S/C16H14FN5O/c17-12-4-6-14(7-5-12)21-22-15(11-18)16(23)20-10-8-13-3-1-2-9-19-13/h1-7,9,21H,8,10H2,(H,20,23)/b22-15+. The number of hydrogen-bond donors (Lipinski definition) is 2. The Labute approximate surface area is 132 Å². The largest absolute Gasteiger partial charge is 0.350 e. The number of benzene rings is 1. The van der Waals surface area contributed by atoms with Crippen LogP contribution in [0, 0.1) is 17.1 Å². The van der Waals surface area contributed by atoms with Crippen LogP contribution in [0.4, 0.5) is 10.1 Å². The van der Waals surface area contributed by atoms with Crippen molar-refractivity contribution in [1.82, 2.24) is 10.3 Å². The molecule has 2 aromatic rings. The van der Waals surface area contributed by atoms with Gasteiger partial charge in [0.1, 0.15) is 11.9 Å². The number of hydrogen-bond acceptors (Lipinski definition) is 5. The molecule has 1 amide bonds. The quantitative estimate of drug-likeness (QED) is 0.629. The molecule has 23 heavy (non-hydrogen) atoms. The maximum Gasteiger partial charge on any atom is 0.282 e. The first-order valence-electron chi connectivity index (χ1n) is 6.86. The van der Waals surface area contributed by atoms with Crippen LogP contribution in [0.3, 0.4) is 0 Å². The summed E-state index contributed by atoms with van der Waals surface area (Å²) in [6.45, 7) is 0.340. The highest BCUT2D eigenvalue weighted by molar-refractivity contribution is 6.45. The molecular formula is C16H14FN5O. The van der Waals surface area contributed by atoms with Crippen LogP contribution in [0.2, 0.25) is 0 Å². The van der Waals surface area contributed by atoms with E-state index in [2.05, 4.69) is 20.8 Å². The van der Waals surface area contributed by atoms with Crippen LogP contribution in [-0.2, 0) is 11.2 Å². The van der Waals surface area contributed by atoms with E-state index in [9.17, 15) is 9.18 Å². The molecule has 2 N–H and O–H groups in total. The molecule has 0 radical (unpaired) electrons. The van der Waals surface area contributed by atoms with Crippen molar-refractivity contribution in [1.29, 1.82) is 5.26 Å². The molecule has 0 aliphatic rings. The zero-order valence-corrected chi connectivity index (χ0v) is 12.2. The van der Waals surface area contributed by atoms with Gasteiger partial charge >= 0.3 is 0 Å². The van der Waals surface area contributed by atoms with E-state index in [1.54, 1.807) is 12.3 Å². The third kappa shape index (κ3) is 5.21. The number of rotatable bonds is 6. The molecule has 1 aromatic carbocycles. The second kappa shape index (κ2) is 8.24. The number of anilines is 1. The van der Waals surface area contributed by atoms with Crippen molar-refractivity contribution in [2.24, 2.45) is 5.10 Å². The lowest BCUT2D eigenvalue weighted by Gasteiger charge is -2.04. The van der Waals surface area contributed by atoms with Crippen molar-refractivity contribution >= 4 is 17.3 Å². The Kier molecular flexibility index (Phi) is 5.77. The molecule has 0 aliphatic heterocycles. The average Bonchev–Trinajstić information content (AvgIpc) is 2.58. The van der Waals surface area contributed by atoms with E-state index >= 15 is 0 Å². The lowest BCUT2D eigenvalue weighted by molar-refractivity contribution is -0.114. The number of aromatic nitrogens is 1. The van der Waals surface area contributed by atoms with E-state index in [1.807, 2.05) is 18.2 Å². The van der Waals surface area contributed by atoms with E-state index in [0.717, 1.165) is 5.69 Å². The Morgan fingerprint density at radius 3 is 2.70 bits per heavy atom. The first kappa shape index (κ1) is 16.1. The van der Waals surface area contributed by atoms with Crippen LogP contribution in [-0.4, -0.2) is 23.1 Å². The van der Waals surface area contributed by atoms with Crippen LogP contribution < -0.4 is 10.7 Å². The minimum absolute atomic E-state index is 0.310. The van der Waals surface area contributed by atoms with E-state index in [-0.39, 0.29) is 11.5 Å². The summed E-state index contributed by atoms with van der Waals surface area (Å²) in [4.78, 5) is 16.0. The Morgan fingerprint density at radius 1 is 1.26 bits per heavy atom. The molecule has 0 saturated heterocycles.